The molecular weight excluding hydrogens is 381 g/mol. The first-order valence-electron chi connectivity index (χ1n) is 9.00. The van der Waals surface area contributed by atoms with Crippen molar-refractivity contribution >= 4 is 28.2 Å². The van der Waals surface area contributed by atoms with Gasteiger partial charge in [-0.15, -0.1) is 11.3 Å². The molecular formula is C21H25ClFN3O2. The summed E-state index contributed by atoms with van der Waals surface area (Å²) in [5.74, 6) is 0.103. The lowest BCUT2D eigenvalue weighted by molar-refractivity contribution is -0.0144. The molecule has 0 fully saturated rings. The average molecular weight is 406 g/mol. The first-order chi connectivity index (χ1) is 13.1. The van der Waals surface area contributed by atoms with Gasteiger partial charge in [-0.3, -0.25) is 4.79 Å². The number of allylic oxidation sites excluding steroid dienone is 5. The van der Waals surface area contributed by atoms with Crippen LogP contribution in [0.15, 0.2) is 46.6 Å². The summed E-state index contributed by atoms with van der Waals surface area (Å²) in [5.41, 5.74) is -0.547. The van der Waals surface area contributed by atoms with Crippen LogP contribution in [-0.4, -0.2) is 20.3 Å². The van der Waals surface area contributed by atoms with Gasteiger partial charge in [-0.2, -0.15) is 0 Å². The maximum Gasteiger partial charge on any atom is 0.293 e. The van der Waals surface area contributed by atoms with Gasteiger partial charge in [-0.25, -0.2) is 14.4 Å². The second kappa shape index (κ2) is 8.69. The van der Waals surface area contributed by atoms with Crippen molar-refractivity contribution in [1.82, 2.24) is 14.7 Å². The van der Waals surface area contributed by atoms with E-state index in [0.717, 1.165) is 4.73 Å². The number of aromatic nitrogens is 3. The quantitative estimate of drug-likeness (QED) is 0.651. The van der Waals surface area contributed by atoms with E-state index in [4.69, 9.17) is 16.4 Å². The Kier molecular flexibility index (Phi) is 6.77. The van der Waals surface area contributed by atoms with Crippen LogP contribution in [0, 0.1) is 6.92 Å². The summed E-state index contributed by atoms with van der Waals surface area (Å²) in [6.07, 6.45) is 5.77. The molecule has 7 heteroatoms. The minimum atomic E-state index is -0.645. The van der Waals surface area contributed by atoms with Crippen molar-refractivity contribution in [2.24, 2.45) is 0 Å². The Bertz CT molecular complexity index is 1020. The van der Waals surface area contributed by atoms with Crippen LogP contribution >= 0.6 is 11.6 Å². The Morgan fingerprint density at radius 2 is 2.04 bits per heavy atom. The van der Waals surface area contributed by atoms with Crippen molar-refractivity contribution < 1.29 is 9.23 Å². The van der Waals surface area contributed by atoms with Crippen molar-refractivity contribution in [3.05, 3.63) is 63.6 Å². The van der Waals surface area contributed by atoms with Gasteiger partial charge in [-0.05, 0) is 47.1 Å². The Morgan fingerprint density at radius 1 is 1.39 bits per heavy atom. The van der Waals surface area contributed by atoms with Gasteiger partial charge in [0.2, 0.25) is 0 Å². The Labute approximate surface area is 169 Å². The van der Waals surface area contributed by atoms with Gasteiger partial charge in [0.15, 0.2) is 5.65 Å². The van der Waals surface area contributed by atoms with E-state index in [9.17, 15) is 9.18 Å². The maximum atomic E-state index is 14.4. The molecule has 0 amide bonds. The van der Waals surface area contributed by atoms with Crippen LogP contribution in [0.3, 0.4) is 0 Å². The zero-order chi connectivity index (χ0) is 21.1. The summed E-state index contributed by atoms with van der Waals surface area (Å²) >= 11 is 6.19. The number of rotatable bonds is 2. The fourth-order valence-corrected chi connectivity index (χ4v) is 2.96. The van der Waals surface area contributed by atoms with Crippen molar-refractivity contribution in [3.63, 3.8) is 0 Å². The van der Waals surface area contributed by atoms with Gasteiger partial charge < -0.3 is 4.84 Å². The van der Waals surface area contributed by atoms with Gasteiger partial charge in [0.25, 0.3) is 5.56 Å². The molecule has 0 N–H and O–H groups in total. The normalized spacial score (nSPS) is 14.3. The second-order valence-electron chi connectivity index (χ2n) is 7.34. The Morgan fingerprint density at radius 3 is 2.61 bits per heavy atom. The molecule has 5 nitrogen and oxygen atoms in total. The van der Waals surface area contributed by atoms with E-state index in [0.29, 0.717) is 23.3 Å². The molecule has 0 spiro atoms. The molecule has 0 aromatic carbocycles. The molecule has 150 valence electrons. The highest BCUT2D eigenvalue weighted by molar-refractivity contribution is 6.37. The van der Waals surface area contributed by atoms with Gasteiger partial charge in [0, 0.05) is 28.6 Å². The highest BCUT2D eigenvalue weighted by Gasteiger charge is 2.24. The number of halogens is 2. The number of fused-ring (bicyclic) bond motifs is 1. The first kappa shape index (κ1) is 21.8. The van der Waals surface area contributed by atoms with E-state index in [-0.39, 0.29) is 22.6 Å². The predicted molar refractivity (Wildman–Crippen MR) is 112 cm³/mol. The van der Waals surface area contributed by atoms with Gasteiger partial charge in [0.1, 0.15) is 17.3 Å². The number of nitrogens with zero attached hydrogens (tertiary/aromatic N) is 3. The van der Waals surface area contributed by atoms with E-state index in [2.05, 4.69) is 16.5 Å². The molecule has 3 rings (SSSR count). The van der Waals surface area contributed by atoms with Crippen molar-refractivity contribution in [2.75, 3.05) is 0 Å². The number of aryl methyl sites for hydroxylation is 1. The lowest BCUT2D eigenvalue weighted by atomic mass is 9.98. The average Bonchev–Trinajstić information content (AvgIpc) is 2.58. The van der Waals surface area contributed by atoms with E-state index >= 15 is 0 Å². The fraction of sp³-hybridized carbons (Fsp3) is 0.381. The number of hydrogen-bond acceptors (Lipinski definition) is 4. The van der Waals surface area contributed by atoms with E-state index in [1.807, 2.05) is 27.7 Å². The molecule has 0 radical (unpaired) electrons. The summed E-state index contributed by atoms with van der Waals surface area (Å²) in [7, 11) is 0. The van der Waals surface area contributed by atoms with Crippen molar-refractivity contribution in [1.29, 1.82) is 0 Å². The zero-order valence-corrected chi connectivity index (χ0v) is 17.6. The minimum Gasteiger partial charge on any atom is -0.403 e. The molecule has 0 aliphatic heterocycles. The minimum absolute atomic E-state index is 0.117. The van der Waals surface area contributed by atoms with Crippen LogP contribution in [0.5, 0.6) is 0 Å². The summed E-state index contributed by atoms with van der Waals surface area (Å²) in [6, 6.07) is 1.57. The summed E-state index contributed by atoms with van der Waals surface area (Å²) in [5, 5.41) is 0.801. The maximum absolute atomic E-state index is 14.4. The van der Waals surface area contributed by atoms with Crippen LogP contribution in [0.2, 0.25) is 0 Å². The van der Waals surface area contributed by atoms with Crippen molar-refractivity contribution in [3.8, 4) is 0 Å². The fourth-order valence-electron chi connectivity index (χ4n) is 2.65. The molecule has 0 unspecified atom stereocenters. The van der Waals surface area contributed by atoms with E-state index in [1.165, 1.54) is 0 Å². The molecule has 2 heterocycles. The van der Waals surface area contributed by atoms with Gasteiger partial charge in [-0.1, -0.05) is 23.8 Å². The molecule has 0 saturated carbocycles. The molecule has 0 saturated heterocycles. The molecule has 2 aromatic heterocycles. The third-order valence-corrected chi connectivity index (χ3v) is 4.00. The van der Waals surface area contributed by atoms with Crippen LogP contribution in [0.1, 0.15) is 51.9 Å². The van der Waals surface area contributed by atoms with Crippen LogP contribution in [0.4, 0.5) is 4.39 Å². The first-order valence-corrected chi connectivity index (χ1v) is 9.38. The Balaban J connectivity index is 0.000000878. The second-order valence-corrected chi connectivity index (χ2v) is 7.74. The van der Waals surface area contributed by atoms with Crippen LogP contribution in [0.25, 0.3) is 16.6 Å². The zero-order valence-electron chi connectivity index (χ0n) is 16.8. The van der Waals surface area contributed by atoms with Crippen molar-refractivity contribution in [2.45, 2.75) is 53.1 Å². The van der Waals surface area contributed by atoms with Gasteiger partial charge in [0.05, 0.1) is 5.56 Å². The third-order valence-electron chi connectivity index (χ3n) is 3.66. The monoisotopic (exact) mass is 405 g/mol. The summed E-state index contributed by atoms with van der Waals surface area (Å²) in [6.45, 7) is 12.4. The molecule has 1 aliphatic carbocycles. The van der Waals surface area contributed by atoms with E-state index < -0.39 is 17.0 Å². The molecule has 0 bridgehead atoms. The molecule has 2 aromatic rings. The summed E-state index contributed by atoms with van der Waals surface area (Å²) < 4.78 is 15.5. The predicted octanol–water partition coefficient (Wildman–Crippen LogP) is 5.12. The smallest absolute Gasteiger partial charge is 0.293 e. The number of hydrogen-bond donors (Lipinski definition) is 0. The standard InChI is InChI=1S/C18H19ClFN3O2.C3H6/c1-10-21-9-11-8-12(15-13(19)6-5-7-14(15)20)17(24)23(16(11)22-10)25-18(2,3)4;1-3-2/h6,8-9H,5,7H2,1-4H3;3H,1H2,2H3. The SMILES string of the molecule is C=CC.Cc1ncc2cc(C3=C(F)CCC=C3Cl)c(=O)n(OC(C)(C)C)c2n1. The molecule has 28 heavy (non-hydrogen) atoms. The highest BCUT2D eigenvalue weighted by atomic mass is 35.5. The molecule has 0 atom stereocenters. The largest absolute Gasteiger partial charge is 0.403 e. The van der Waals surface area contributed by atoms with E-state index in [1.54, 1.807) is 31.3 Å². The summed E-state index contributed by atoms with van der Waals surface area (Å²) in [4.78, 5) is 27.3. The van der Waals surface area contributed by atoms with Crippen LogP contribution < -0.4 is 10.4 Å². The van der Waals surface area contributed by atoms with Crippen LogP contribution in [-0.2, 0) is 0 Å². The third kappa shape index (κ3) is 4.87. The Hall–Kier alpha value is -2.47. The van der Waals surface area contributed by atoms with Gasteiger partial charge >= 0.3 is 0 Å². The number of pyridine rings is 1. The molecule has 1 aliphatic rings. The topological polar surface area (TPSA) is 57.0 Å². The lowest BCUT2D eigenvalue weighted by Crippen LogP contribution is -2.39. The highest BCUT2D eigenvalue weighted by Crippen LogP contribution is 2.35. The lowest BCUT2D eigenvalue weighted by Gasteiger charge is -2.23.